The van der Waals surface area contributed by atoms with Gasteiger partial charge in [0.15, 0.2) is 0 Å². The topological polar surface area (TPSA) is 44.9 Å². The van der Waals surface area contributed by atoms with Crippen molar-refractivity contribution in [3.05, 3.63) is 23.2 Å². The van der Waals surface area contributed by atoms with Crippen LogP contribution in [0, 0.1) is 5.92 Å². The second-order valence-electron chi connectivity index (χ2n) is 4.74. The van der Waals surface area contributed by atoms with Crippen molar-refractivity contribution in [1.82, 2.24) is 10.3 Å². The molecule has 3 nitrogen and oxygen atoms in total. The van der Waals surface area contributed by atoms with Gasteiger partial charge in [-0.15, -0.1) is 11.3 Å². The lowest BCUT2D eigenvalue weighted by molar-refractivity contribution is 0.0943. The number of nitrogens with one attached hydrogen (secondary N) is 2. The van der Waals surface area contributed by atoms with E-state index < -0.39 is 0 Å². The second kappa shape index (κ2) is 4.53. The molecule has 0 aromatic carbocycles. The number of aromatic nitrogens is 1. The fourth-order valence-corrected chi connectivity index (χ4v) is 3.30. The Labute approximate surface area is 104 Å². The second-order valence-corrected chi connectivity index (χ2v) is 5.69. The van der Waals surface area contributed by atoms with Crippen molar-refractivity contribution in [3.8, 4) is 0 Å². The van der Waals surface area contributed by atoms with Crippen molar-refractivity contribution in [2.24, 2.45) is 5.92 Å². The molecule has 2 aromatic rings. The predicted molar refractivity (Wildman–Crippen MR) is 70.5 cm³/mol. The van der Waals surface area contributed by atoms with Gasteiger partial charge >= 0.3 is 0 Å². The van der Waals surface area contributed by atoms with Crippen molar-refractivity contribution in [2.75, 3.05) is 6.54 Å². The lowest BCUT2D eigenvalue weighted by Crippen LogP contribution is -2.28. The van der Waals surface area contributed by atoms with E-state index in [4.69, 9.17) is 0 Å². The minimum Gasteiger partial charge on any atom is -0.350 e. The number of fused-ring (bicyclic) bond motifs is 1. The standard InChI is InChI=1S/C13H16N2OS/c16-13(14-8-9-3-1-2-4-9)11-7-12-10(15-11)5-6-17-12/h5-7,9,15H,1-4,8H2,(H,14,16). The number of carbonyl (C=O) groups excluding carboxylic acids is 1. The van der Waals surface area contributed by atoms with Crippen molar-refractivity contribution < 1.29 is 4.79 Å². The predicted octanol–water partition coefficient (Wildman–Crippen LogP) is 3.15. The van der Waals surface area contributed by atoms with Crippen LogP contribution in [0.4, 0.5) is 0 Å². The first kappa shape index (κ1) is 10.8. The van der Waals surface area contributed by atoms with Crippen LogP contribution in [0.2, 0.25) is 0 Å². The molecule has 2 aromatic heterocycles. The molecule has 0 spiro atoms. The molecule has 0 aliphatic heterocycles. The van der Waals surface area contributed by atoms with Crippen LogP contribution in [0.3, 0.4) is 0 Å². The third-order valence-corrected chi connectivity index (χ3v) is 4.37. The molecule has 0 atom stereocenters. The first-order valence-electron chi connectivity index (χ1n) is 6.17. The number of rotatable bonds is 3. The van der Waals surface area contributed by atoms with Gasteiger partial charge in [-0.3, -0.25) is 4.79 Å². The van der Waals surface area contributed by atoms with E-state index in [-0.39, 0.29) is 5.91 Å². The number of hydrogen-bond acceptors (Lipinski definition) is 2. The third-order valence-electron chi connectivity index (χ3n) is 3.51. The normalized spacial score (nSPS) is 16.7. The van der Waals surface area contributed by atoms with Gasteiger partial charge in [-0.05, 0) is 36.3 Å². The van der Waals surface area contributed by atoms with E-state index in [1.165, 1.54) is 25.7 Å². The smallest absolute Gasteiger partial charge is 0.267 e. The monoisotopic (exact) mass is 248 g/mol. The molecule has 0 radical (unpaired) electrons. The number of hydrogen-bond donors (Lipinski definition) is 2. The van der Waals surface area contributed by atoms with Crippen LogP contribution in [0.15, 0.2) is 17.5 Å². The van der Waals surface area contributed by atoms with Crippen LogP contribution in [0.1, 0.15) is 36.2 Å². The Balaban J connectivity index is 1.63. The molecule has 0 unspecified atom stereocenters. The average molecular weight is 248 g/mol. The average Bonchev–Trinajstić information content (AvgIpc) is 3.01. The van der Waals surface area contributed by atoms with E-state index in [1.807, 2.05) is 17.5 Å². The van der Waals surface area contributed by atoms with E-state index in [0.29, 0.717) is 11.6 Å². The molecule has 1 fully saturated rings. The molecule has 4 heteroatoms. The molecular weight excluding hydrogens is 232 g/mol. The number of aromatic amines is 1. The Morgan fingerprint density at radius 1 is 1.47 bits per heavy atom. The van der Waals surface area contributed by atoms with Gasteiger partial charge in [0, 0.05) is 6.54 Å². The highest BCUT2D eigenvalue weighted by Crippen LogP contribution is 2.24. The Morgan fingerprint density at radius 3 is 3.06 bits per heavy atom. The van der Waals surface area contributed by atoms with Crippen LogP contribution in [0.25, 0.3) is 10.2 Å². The zero-order chi connectivity index (χ0) is 11.7. The Kier molecular flexibility index (Phi) is 2.89. The van der Waals surface area contributed by atoms with Gasteiger partial charge in [0.2, 0.25) is 0 Å². The SMILES string of the molecule is O=C(NCC1CCCC1)c1cc2sccc2[nH]1. The van der Waals surface area contributed by atoms with E-state index in [9.17, 15) is 4.79 Å². The third kappa shape index (κ3) is 2.22. The van der Waals surface area contributed by atoms with Gasteiger partial charge in [0.25, 0.3) is 5.91 Å². The maximum Gasteiger partial charge on any atom is 0.267 e. The maximum absolute atomic E-state index is 11.9. The van der Waals surface area contributed by atoms with Gasteiger partial charge < -0.3 is 10.3 Å². The first-order chi connectivity index (χ1) is 8.33. The van der Waals surface area contributed by atoms with Gasteiger partial charge in [-0.2, -0.15) is 0 Å². The molecule has 2 N–H and O–H groups in total. The summed E-state index contributed by atoms with van der Waals surface area (Å²) in [7, 11) is 0. The molecule has 0 bridgehead atoms. The van der Waals surface area contributed by atoms with Gasteiger partial charge in [0.1, 0.15) is 5.69 Å². The Morgan fingerprint density at radius 2 is 2.29 bits per heavy atom. The molecule has 0 saturated heterocycles. The molecule has 1 saturated carbocycles. The summed E-state index contributed by atoms with van der Waals surface area (Å²) < 4.78 is 1.15. The fourth-order valence-electron chi connectivity index (χ4n) is 2.52. The summed E-state index contributed by atoms with van der Waals surface area (Å²) in [5, 5.41) is 5.06. The number of H-pyrrole nitrogens is 1. The summed E-state index contributed by atoms with van der Waals surface area (Å²) in [5.74, 6) is 0.718. The Bertz CT molecular complexity index is 494. The number of carbonyl (C=O) groups is 1. The molecule has 90 valence electrons. The van der Waals surface area contributed by atoms with E-state index in [0.717, 1.165) is 16.8 Å². The van der Waals surface area contributed by atoms with Crippen molar-refractivity contribution in [3.63, 3.8) is 0 Å². The maximum atomic E-state index is 11.9. The van der Waals surface area contributed by atoms with Crippen molar-refractivity contribution >= 4 is 27.5 Å². The lowest BCUT2D eigenvalue weighted by Gasteiger charge is -2.09. The number of thiophene rings is 1. The highest BCUT2D eigenvalue weighted by atomic mass is 32.1. The molecule has 1 aliphatic carbocycles. The molecule has 17 heavy (non-hydrogen) atoms. The zero-order valence-electron chi connectivity index (χ0n) is 9.66. The summed E-state index contributed by atoms with van der Waals surface area (Å²) in [6, 6.07) is 3.94. The molecule has 2 heterocycles. The van der Waals surface area contributed by atoms with Gasteiger partial charge in [-0.1, -0.05) is 12.8 Å². The summed E-state index contributed by atoms with van der Waals surface area (Å²) in [6.07, 6.45) is 5.16. The highest BCUT2D eigenvalue weighted by Gasteiger charge is 2.16. The van der Waals surface area contributed by atoms with Crippen LogP contribution < -0.4 is 5.32 Å². The summed E-state index contributed by atoms with van der Waals surface area (Å²) in [6.45, 7) is 0.825. The van der Waals surface area contributed by atoms with Crippen molar-refractivity contribution in [2.45, 2.75) is 25.7 Å². The molecule has 1 amide bonds. The number of amides is 1. The van der Waals surface area contributed by atoms with Crippen LogP contribution in [0.5, 0.6) is 0 Å². The lowest BCUT2D eigenvalue weighted by atomic mass is 10.1. The van der Waals surface area contributed by atoms with E-state index in [2.05, 4.69) is 10.3 Å². The fraction of sp³-hybridized carbons (Fsp3) is 0.462. The minimum absolute atomic E-state index is 0.0281. The Hall–Kier alpha value is -1.29. The molecule has 3 rings (SSSR count). The summed E-state index contributed by atoms with van der Waals surface area (Å²) >= 11 is 1.66. The van der Waals surface area contributed by atoms with Crippen LogP contribution in [-0.2, 0) is 0 Å². The minimum atomic E-state index is 0.0281. The van der Waals surface area contributed by atoms with Crippen LogP contribution >= 0.6 is 11.3 Å². The summed E-state index contributed by atoms with van der Waals surface area (Å²) in [5.41, 5.74) is 1.74. The van der Waals surface area contributed by atoms with Gasteiger partial charge in [0.05, 0.1) is 10.2 Å². The van der Waals surface area contributed by atoms with Crippen molar-refractivity contribution in [1.29, 1.82) is 0 Å². The zero-order valence-corrected chi connectivity index (χ0v) is 10.5. The molecule has 1 aliphatic rings. The van der Waals surface area contributed by atoms with E-state index >= 15 is 0 Å². The molecular formula is C13H16N2OS. The van der Waals surface area contributed by atoms with Crippen LogP contribution in [-0.4, -0.2) is 17.4 Å². The van der Waals surface area contributed by atoms with Gasteiger partial charge in [-0.25, -0.2) is 0 Å². The first-order valence-corrected chi connectivity index (χ1v) is 7.05. The quantitative estimate of drug-likeness (QED) is 0.861. The highest BCUT2D eigenvalue weighted by molar-refractivity contribution is 7.17. The van der Waals surface area contributed by atoms with E-state index in [1.54, 1.807) is 11.3 Å². The summed E-state index contributed by atoms with van der Waals surface area (Å²) in [4.78, 5) is 15.1. The largest absolute Gasteiger partial charge is 0.350 e.